The lowest BCUT2D eigenvalue weighted by Crippen LogP contribution is -2.51. The molecule has 0 unspecified atom stereocenters. The van der Waals surface area contributed by atoms with E-state index in [1.165, 1.54) is 73.0 Å². The van der Waals surface area contributed by atoms with Gasteiger partial charge in [-0.25, -0.2) is 0 Å². The third-order valence-electron chi connectivity index (χ3n) is 16.2. The number of rotatable bonds is 6. The van der Waals surface area contributed by atoms with Crippen molar-refractivity contribution in [2.45, 2.75) is 145 Å². The molecule has 0 saturated carbocycles. The number of nitrogens with zero attached hydrogens (tertiary/aromatic N) is 8. The van der Waals surface area contributed by atoms with Gasteiger partial charge in [0.05, 0.1) is 5.56 Å². The summed E-state index contributed by atoms with van der Waals surface area (Å²) in [7, 11) is 6.36. The van der Waals surface area contributed by atoms with Gasteiger partial charge in [-0.05, 0) is 125 Å². The van der Waals surface area contributed by atoms with Crippen molar-refractivity contribution >= 4 is 17.1 Å². The lowest BCUT2D eigenvalue weighted by Gasteiger charge is -2.46. The van der Waals surface area contributed by atoms with Gasteiger partial charge >= 0.3 is 0 Å². The molecule has 0 N–H and O–H groups in total. The molecule has 380 valence electrons. The molecule has 0 bridgehead atoms. The summed E-state index contributed by atoms with van der Waals surface area (Å²) >= 11 is 0. The first-order valence-electron chi connectivity index (χ1n) is 26.2. The topological polar surface area (TPSA) is 28.3 Å². The van der Waals surface area contributed by atoms with E-state index < -0.39 is 0 Å². The SMILES string of the molecule is Cc1cccc2c1-n1c(c(-c3ccc(C(C)C)cc3)c[n+]1C)C(C)(C)C2(C)C.Cc1ccccc1N1C=CN(C(C)C)[C@H]1C.Cc1ccccc1N1C=CN(C)[C@H]1C.Cc1ccccc1N1C=CN(C)[C@H]1C. The lowest BCUT2D eigenvalue weighted by molar-refractivity contribution is -0.745. The maximum absolute atomic E-state index is 2.45. The Hall–Kier alpha value is -6.67. The van der Waals surface area contributed by atoms with E-state index in [1.807, 2.05) is 0 Å². The number of aryl methyl sites for hydroxylation is 5. The van der Waals surface area contributed by atoms with Gasteiger partial charge in [0, 0.05) is 85.2 Å². The quantitative estimate of drug-likeness (QED) is 0.155. The van der Waals surface area contributed by atoms with Gasteiger partial charge in [0.2, 0.25) is 6.20 Å². The zero-order chi connectivity index (χ0) is 52.4. The minimum absolute atomic E-state index is 0.0128. The molecule has 0 radical (unpaired) electrons. The largest absolute Gasteiger partial charge is 0.359 e. The van der Waals surface area contributed by atoms with E-state index in [2.05, 4.69) is 322 Å². The van der Waals surface area contributed by atoms with E-state index in [4.69, 9.17) is 0 Å². The van der Waals surface area contributed by atoms with Crippen LogP contribution in [0.3, 0.4) is 0 Å². The van der Waals surface area contributed by atoms with Crippen LogP contribution in [0.15, 0.2) is 159 Å². The molecule has 1 aromatic heterocycles. The number of hydrogen-bond donors (Lipinski definition) is 0. The Morgan fingerprint density at radius 1 is 0.486 bits per heavy atom. The average Bonchev–Trinajstić information content (AvgIpc) is 4.10. The Balaban J connectivity index is 0.000000149. The fraction of sp³-hybridized carbons (Fsp3) is 0.391. The smallest absolute Gasteiger partial charge is 0.203 e. The molecule has 8 heteroatoms. The van der Waals surface area contributed by atoms with Crippen molar-refractivity contribution in [2.75, 3.05) is 28.8 Å². The molecule has 10 rings (SSSR count). The van der Waals surface area contributed by atoms with E-state index in [1.54, 1.807) is 0 Å². The second-order valence-corrected chi connectivity index (χ2v) is 22.0. The third kappa shape index (κ3) is 10.3. The first kappa shape index (κ1) is 53.1. The van der Waals surface area contributed by atoms with Gasteiger partial charge in [-0.3, -0.25) is 0 Å². The molecule has 5 aromatic carbocycles. The van der Waals surface area contributed by atoms with Crippen LogP contribution in [0.2, 0.25) is 0 Å². The highest BCUT2D eigenvalue weighted by Gasteiger charge is 2.51. The van der Waals surface area contributed by atoms with Crippen LogP contribution in [0.1, 0.15) is 121 Å². The molecule has 8 nitrogen and oxygen atoms in total. The second kappa shape index (κ2) is 21.6. The predicted molar refractivity (Wildman–Crippen MR) is 307 cm³/mol. The fourth-order valence-corrected chi connectivity index (χ4v) is 10.6. The van der Waals surface area contributed by atoms with Crippen molar-refractivity contribution in [3.05, 3.63) is 198 Å². The maximum atomic E-state index is 2.45. The third-order valence-corrected chi connectivity index (χ3v) is 16.2. The minimum atomic E-state index is -0.0128. The van der Waals surface area contributed by atoms with E-state index in [0.29, 0.717) is 30.5 Å². The lowest BCUT2D eigenvalue weighted by atomic mass is 9.59. The molecule has 4 aliphatic rings. The van der Waals surface area contributed by atoms with Gasteiger partial charge in [0.1, 0.15) is 29.9 Å². The molecule has 0 amide bonds. The van der Waals surface area contributed by atoms with Crippen LogP contribution < -0.4 is 19.4 Å². The first-order valence-corrected chi connectivity index (χ1v) is 26.2. The van der Waals surface area contributed by atoms with E-state index in [0.717, 1.165) is 0 Å². The summed E-state index contributed by atoms with van der Waals surface area (Å²) in [6.07, 6.45) is 16.4. The fourth-order valence-electron chi connectivity index (χ4n) is 10.6. The Bertz CT molecular complexity index is 2820. The standard InChI is InChI=1S/C26H33N2.C14H20N2.2C12H16N2/c1-17(2)19-12-14-20(15-13-19)21-16-27(8)28-23-18(3)10-9-11-22(23)25(4,5)26(6,7)24(21)28;1-11(2)15-9-10-16(13(15)4)14-8-6-5-7-12(14)3;2*1-10-6-4-5-7-12(10)14-9-8-13(3)11(14)2/h9-17H,1-8H3;5-11,13H,1-4H3;2*4-9,11H,1-3H3/q+1;;;/t;13-;2*11-/m.111/s1. The highest BCUT2D eigenvalue weighted by atomic mass is 15.4. The molecule has 5 heterocycles. The average molecular weight is 966 g/mol. The maximum Gasteiger partial charge on any atom is 0.203 e. The monoisotopic (exact) mass is 966 g/mol. The summed E-state index contributed by atoms with van der Waals surface area (Å²) in [5, 5.41) is 0. The number of hydrogen-bond acceptors (Lipinski definition) is 6. The van der Waals surface area contributed by atoms with Crippen LogP contribution in [0.5, 0.6) is 0 Å². The van der Waals surface area contributed by atoms with E-state index >= 15 is 0 Å². The Morgan fingerprint density at radius 3 is 1.32 bits per heavy atom. The summed E-state index contributed by atoms with van der Waals surface area (Å²) in [6.45, 7) is 33.9. The number of benzene rings is 5. The van der Waals surface area contributed by atoms with Crippen LogP contribution in [0.4, 0.5) is 17.1 Å². The highest BCUT2D eigenvalue weighted by Crippen LogP contribution is 2.52. The molecule has 0 saturated heterocycles. The Morgan fingerprint density at radius 2 is 0.917 bits per heavy atom. The van der Waals surface area contributed by atoms with Crippen LogP contribution in [0, 0.1) is 27.7 Å². The molecular weight excluding hydrogens is 881 g/mol. The molecule has 0 spiro atoms. The van der Waals surface area contributed by atoms with Crippen LogP contribution in [-0.4, -0.2) is 58.0 Å². The Kier molecular flexibility index (Phi) is 15.9. The van der Waals surface area contributed by atoms with Crippen molar-refractivity contribution < 1.29 is 4.68 Å². The number of para-hydroxylation sites is 4. The summed E-state index contributed by atoms with van der Waals surface area (Å²) in [5.74, 6) is 0.554. The first-order chi connectivity index (χ1) is 34.1. The van der Waals surface area contributed by atoms with Crippen molar-refractivity contribution in [3.63, 3.8) is 0 Å². The van der Waals surface area contributed by atoms with Gasteiger partial charge < -0.3 is 29.4 Å². The molecule has 4 aliphatic heterocycles. The van der Waals surface area contributed by atoms with Crippen molar-refractivity contribution in [3.8, 4) is 16.8 Å². The second-order valence-electron chi connectivity index (χ2n) is 22.0. The summed E-state index contributed by atoms with van der Waals surface area (Å²) in [6, 6.07) is 41.9. The van der Waals surface area contributed by atoms with Gasteiger partial charge in [0.15, 0.2) is 7.05 Å². The Labute approximate surface area is 434 Å². The number of anilines is 3. The summed E-state index contributed by atoms with van der Waals surface area (Å²) in [4.78, 5) is 13.7. The molecular formula is C64H85N8+. The zero-order valence-corrected chi connectivity index (χ0v) is 47.0. The highest BCUT2D eigenvalue weighted by molar-refractivity contribution is 5.71. The molecule has 0 aliphatic carbocycles. The number of aromatic nitrogens is 2. The van der Waals surface area contributed by atoms with Gasteiger partial charge in [-0.2, -0.15) is 0 Å². The normalized spacial score (nSPS) is 19.0. The minimum Gasteiger partial charge on any atom is -0.359 e. The van der Waals surface area contributed by atoms with E-state index in [9.17, 15) is 0 Å². The van der Waals surface area contributed by atoms with Gasteiger partial charge in [-0.15, -0.1) is 9.36 Å². The van der Waals surface area contributed by atoms with Crippen molar-refractivity contribution in [1.29, 1.82) is 0 Å². The summed E-state index contributed by atoms with van der Waals surface area (Å²) < 4.78 is 4.71. The van der Waals surface area contributed by atoms with Gasteiger partial charge in [0.25, 0.3) is 0 Å². The van der Waals surface area contributed by atoms with Crippen molar-refractivity contribution in [2.24, 2.45) is 7.05 Å². The van der Waals surface area contributed by atoms with Crippen LogP contribution in [0.25, 0.3) is 16.8 Å². The van der Waals surface area contributed by atoms with Crippen molar-refractivity contribution in [1.82, 2.24) is 19.4 Å². The number of fused-ring (bicyclic) bond motifs is 3. The summed E-state index contributed by atoms with van der Waals surface area (Å²) in [5.41, 5.74) is 17.4. The van der Waals surface area contributed by atoms with Crippen LogP contribution in [-0.2, 0) is 17.9 Å². The van der Waals surface area contributed by atoms with E-state index in [-0.39, 0.29) is 10.8 Å². The predicted octanol–water partition coefficient (Wildman–Crippen LogP) is 14.4. The molecule has 72 heavy (non-hydrogen) atoms. The molecule has 3 atom stereocenters. The molecule has 0 fully saturated rings. The van der Waals surface area contributed by atoms with Crippen LogP contribution >= 0.6 is 0 Å². The molecule has 6 aromatic rings. The van der Waals surface area contributed by atoms with Gasteiger partial charge in [-0.1, -0.05) is 139 Å². The zero-order valence-electron chi connectivity index (χ0n) is 47.0.